The largest absolute Gasteiger partial charge is 0.417 e. The third-order valence-corrected chi connectivity index (χ3v) is 5.82. The van der Waals surface area contributed by atoms with Crippen molar-refractivity contribution in [3.8, 4) is 0 Å². The van der Waals surface area contributed by atoms with Gasteiger partial charge < -0.3 is 5.32 Å². The van der Waals surface area contributed by atoms with Crippen molar-refractivity contribution in [3.63, 3.8) is 0 Å². The van der Waals surface area contributed by atoms with E-state index in [4.69, 9.17) is 0 Å². The van der Waals surface area contributed by atoms with Crippen molar-refractivity contribution in [2.45, 2.75) is 17.4 Å². The quantitative estimate of drug-likeness (QED) is 0.413. The van der Waals surface area contributed by atoms with E-state index in [0.717, 1.165) is 40.8 Å². The molecule has 2 aromatic carbocycles. The summed E-state index contributed by atoms with van der Waals surface area (Å²) in [7, 11) is 0. The molecule has 1 heterocycles. The van der Waals surface area contributed by atoms with Crippen molar-refractivity contribution in [2.24, 2.45) is 0 Å². The van der Waals surface area contributed by atoms with E-state index in [2.05, 4.69) is 20.8 Å². The van der Waals surface area contributed by atoms with Gasteiger partial charge in [-0.3, -0.25) is 14.9 Å². The van der Waals surface area contributed by atoms with Crippen LogP contribution in [0.15, 0.2) is 52.9 Å². The van der Waals surface area contributed by atoms with E-state index in [1.807, 2.05) is 25.1 Å². The Morgan fingerprint density at radius 1 is 1.03 bits per heavy atom. The molecule has 0 bridgehead atoms. The summed E-state index contributed by atoms with van der Waals surface area (Å²) < 4.78 is 39.6. The molecule has 11 heteroatoms. The van der Waals surface area contributed by atoms with Gasteiger partial charge in [-0.2, -0.15) is 13.2 Å². The Bertz CT molecular complexity index is 1070. The first-order valence-corrected chi connectivity index (χ1v) is 10.3. The highest BCUT2D eigenvalue weighted by Crippen LogP contribution is 2.32. The molecule has 30 heavy (non-hydrogen) atoms. The Balaban J connectivity index is 1.59. The average molecular weight is 452 g/mol. The van der Waals surface area contributed by atoms with Crippen molar-refractivity contribution < 1.29 is 22.8 Å². The first-order chi connectivity index (χ1) is 14.2. The van der Waals surface area contributed by atoms with E-state index in [1.165, 1.54) is 12.1 Å². The summed E-state index contributed by atoms with van der Waals surface area (Å²) in [6, 6.07) is 11.8. The zero-order valence-electron chi connectivity index (χ0n) is 15.5. The zero-order valence-corrected chi connectivity index (χ0v) is 17.1. The fourth-order valence-electron chi connectivity index (χ4n) is 2.44. The Hall–Kier alpha value is -2.92. The van der Waals surface area contributed by atoms with Gasteiger partial charge in [0.15, 0.2) is 4.34 Å². The molecule has 3 rings (SSSR count). The monoisotopic (exact) mass is 452 g/mol. The lowest BCUT2D eigenvalue weighted by Crippen LogP contribution is -2.18. The number of aryl methyl sites for hydroxylation is 1. The minimum atomic E-state index is -4.65. The molecule has 2 amide bonds. The molecule has 0 unspecified atom stereocenters. The van der Waals surface area contributed by atoms with Crippen molar-refractivity contribution in [2.75, 3.05) is 16.4 Å². The van der Waals surface area contributed by atoms with Crippen LogP contribution in [0, 0.1) is 6.92 Å². The van der Waals surface area contributed by atoms with Crippen LogP contribution in [0.4, 0.5) is 24.0 Å². The molecule has 3 aromatic rings. The van der Waals surface area contributed by atoms with Crippen molar-refractivity contribution in [3.05, 3.63) is 65.2 Å². The van der Waals surface area contributed by atoms with E-state index < -0.39 is 23.2 Å². The molecule has 0 saturated carbocycles. The van der Waals surface area contributed by atoms with Crippen molar-refractivity contribution >= 4 is 45.7 Å². The SMILES string of the molecule is Cc1ccccc1NC(=O)CSc1nnc(NC(=O)c2ccccc2C(F)(F)F)s1. The van der Waals surface area contributed by atoms with Crippen molar-refractivity contribution in [1.29, 1.82) is 0 Å². The van der Waals surface area contributed by atoms with Gasteiger partial charge in [-0.1, -0.05) is 53.4 Å². The van der Waals surface area contributed by atoms with Gasteiger partial charge in [0.1, 0.15) is 0 Å². The molecule has 6 nitrogen and oxygen atoms in total. The maximum atomic E-state index is 13.1. The highest BCUT2D eigenvalue weighted by Gasteiger charge is 2.35. The molecule has 0 atom stereocenters. The molecule has 0 aliphatic rings. The topological polar surface area (TPSA) is 84.0 Å². The smallest absolute Gasteiger partial charge is 0.325 e. The summed E-state index contributed by atoms with van der Waals surface area (Å²) in [6.45, 7) is 1.87. The normalized spacial score (nSPS) is 11.2. The Kier molecular flexibility index (Phi) is 6.73. The number of amides is 2. The Morgan fingerprint density at radius 3 is 2.47 bits per heavy atom. The lowest BCUT2D eigenvalue weighted by molar-refractivity contribution is -0.137. The summed E-state index contributed by atoms with van der Waals surface area (Å²) in [6.07, 6.45) is -4.65. The van der Waals surface area contributed by atoms with Crippen LogP contribution in [-0.4, -0.2) is 27.8 Å². The molecule has 156 valence electrons. The van der Waals surface area contributed by atoms with Gasteiger partial charge in [0.25, 0.3) is 5.91 Å². The number of carbonyl (C=O) groups is 2. The number of thioether (sulfide) groups is 1. The maximum Gasteiger partial charge on any atom is 0.417 e. The summed E-state index contributed by atoms with van der Waals surface area (Å²) in [5.41, 5.74) is 0.0917. The highest BCUT2D eigenvalue weighted by atomic mass is 32.2. The second kappa shape index (κ2) is 9.26. The number of rotatable bonds is 6. The minimum absolute atomic E-state index is 0.0405. The first-order valence-electron chi connectivity index (χ1n) is 8.53. The number of anilines is 2. The number of para-hydroxylation sites is 1. The fraction of sp³-hybridized carbons (Fsp3) is 0.158. The Morgan fingerprint density at radius 2 is 1.73 bits per heavy atom. The second-order valence-electron chi connectivity index (χ2n) is 6.02. The van der Waals surface area contributed by atoms with Gasteiger partial charge >= 0.3 is 6.18 Å². The molecule has 2 N–H and O–H groups in total. The van der Waals surface area contributed by atoms with Crippen LogP contribution in [0.3, 0.4) is 0 Å². The van der Waals surface area contributed by atoms with Crippen LogP contribution in [-0.2, 0) is 11.0 Å². The number of halogens is 3. The standard InChI is InChI=1S/C19H15F3N4O2S2/c1-11-6-2-5-9-14(11)23-15(27)10-29-18-26-25-17(30-18)24-16(28)12-7-3-4-8-13(12)19(20,21)22/h2-9H,10H2,1H3,(H,23,27)(H,24,25,28). The lowest BCUT2D eigenvalue weighted by atomic mass is 10.1. The van der Waals surface area contributed by atoms with Crippen molar-refractivity contribution in [1.82, 2.24) is 10.2 Å². The zero-order chi connectivity index (χ0) is 21.7. The van der Waals surface area contributed by atoms with Gasteiger partial charge in [0.05, 0.1) is 16.9 Å². The minimum Gasteiger partial charge on any atom is -0.325 e. The highest BCUT2D eigenvalue weighted by molar-refractivity contribution is 8.01. The van der Waals surface area contributed by atoms with Crippen LogP contribution in [0.1, 0.15) is 21.5 Å². The molecule has 0 aliphatic carbocycles. The number of alkyl halides is 3. The van der Waals surface area contributed by atoms with Gasteiger partial charge in [-0.15, -0.1) is 10.2 Å². The molecule has 1 aromatic heterocycles. The van der Waals surface area contributed by atoms with E-state index in [9.17, 15) is 22.8 Å². The molecular weight excluding hydrogens is 437 g/mol. The maximum absolute atomic E-state index is 13.1. The molecule has 0 saturated heterocycles. The Labute approximate surface area is 177 Å². The first kappa shape index (κ1) is 21.8. The van der Waals surface area contributed by atoms with Crippen LogP contribution >= 0.6 is 23.1 Å². The molecule has 0 spiro atoms. The number of carbonyl (C=O) groups excluding carboxylic acids is 2. The van der Waals surface area contributed by atoms with Gasteiger partial charge in [0.2, 0.25) is 11.0 Å². The lowest BCUT2D eigenvalue weighted by Gasteiger charge is -2.11. The van der Waals surface area contributed by atoms with Crippen LogP contribution in [0.5, 0.6) is 0 Å². The number of hydrogen-bond donors (Lipinski definition) is 2. The summed E-state index contributed by atoms with van der Waals surface area (Å²) in [4.78, 5) is 24.3. The fourth-order valence-corrected chi connectivity index (χ4v) is 3.99. The van der Waals surface area contributed by atoms with Crippen LogP contribution < -0.4 is 10.6 Å². The number of aromatic nitrogens is 2. The van der Waals surface area contributed by atoms with E-state index >= 15 is 0 Å². The van der Waals surface area contributed by atoms with E-state index in [1.54, 1.807) is 6.07 Å². The molecular formula is C19H15F3N4O2S2. The number of hydrogen-bond acceptors (Lipinski definition) is 6. The summed E-state index contributed by atoms with van der Waals surface area (Å²) in [5.74, 6) is -1.12. The van der Waals surface area contributed by atoms with E-state index in [0.29, 0.717) is 10.0 Å². The summed E-state index contributed by atoms with van der Waals surface area (Å²) in [5, 5.41) is 12.7. The third-order valence-electron chi connectivity index (χ3n) is 3.85. The number of benzene rings is 2. The predicted octanol–water partition coefficient (Wildman–Crippen LogP) is 4.85. The number of nitrogens with zero attached hydrogens (tertiary/aromatic N) is 2. The van der Waals surface area contributed by atoms with Gasteiger partial charge in [-0.05, 0) is 30.7 Å². The van der Waals surface area contributed by atoms with Gasteiger partial charge in [-0.25, -0.2) is 0 Å². The van der Waals surface area contributed by atoms with Gasteiger partial charge in [0, 0.05) is 5.69 Å². The summed E-state index contributed by atoms with van der Waals surface area (Å²) >= 11 is 2.07. The third kappa shape index (κ3) is 5.57. The van der Waals surface area contributed by atoms with Crippen LogP contribution in [0.25, 0.3) is 0 Å². The predicted molar refractivity (Wildman–Crippen MR) is 110 cm³/mol. The molecule has 0 fully saturated rings. The number of nitrogens with one attached hydrogen (secondary N) is 2. The average Bonchev–Trinajstić information content (AvgIpc) is 3.15. The van der Waals surface area contributed by atoms with Crippen LogP contribution in [0.2, 0.25) is 0 Å². The second-order valence-corrected chi connectivity index (χ2v) is 8.22. The molecule has 0 radical (unpaired) electrons. The van der Waals surface area contributed by atoms with E-state index in [-0.39, 0.29) is 16.8 Å². The molecule has 0 aliphatic heterocycles.